The number of anilines is 2. The summed E-state index contributed by atoms with van der Waals surface area (Å²) in [6.45, 7) is 4.23. The molecule has 1 aromatic rings. The summed E-state index contributed by atoms with van der Waals surface area (Å²) < 4.78 is 0. The Morgan fingerprint density at radius 1 is 1.24 bits per heavy atom. The van der Waals surface area contributed by atoms with Crippen LogP contribution in [0.25, 0.3) is 0 Å². The number of carbonyl (C=O) groups excluding carboxylic acids is 2. The molecule has 0 unspecified atom stereocenters. The van der Waals surface area contributed by atoms with Gasteiger partial charge >= 0.3 is 0 Å². The van der Waals surface area contributed by atoms with Gasteiger partial charge in [0, 0.05) is 30.4 Å². The van der Waals surface area contributed by atoms with E-state index in [9.17, 15) is 9.59 Å². The molecular weight excluding hydrogens is 314 g/mol. The summed E-state index contributed by atoms with van der Waals surface area (Å²) >= 11 is 0. The van der Waals surface area contributed by atoms with E-state index in [2.05, 4.69) is 17.1 Å². The van der Waals surface area contributed by atoms with Crippen LogP contribution in [-0.2, 0) is 9.59 Å². The van der Waals surface area contributed by atoms with E-state index in [0.717, 1.165) is 30.9 Å². The maximum absolute atomic E-state index is 12.5. The zero-order chi connectivity index (χ0) is 17.6. The number of benzene rings is 1. The maximum atomic E-state index is 12.5. The van der Waals surface area contributed by atoms with E-state index < -0.39 is 0 Å². The zero-order valence-electron chi connectivity index (χ0n) is 15.2. The largest absolute Gasteiger partial charge is 0.325 e. The number of likely N-dealkylation sites (N-methyl/N-ethyl adjacent to an activating group) is 1. The first kappa shape index (κ1) is 17.9. The van der Waals surface area contributed by atoms with Crippen LogP contribution in [0.1, 0.15) is 51.9 Å². The number of nitrogens with one attached hydrogen (secondary N) is 1. The molecule has 136 valence electrons. The van der Waals surface area contributed by atoms with E-state index in [4.69, 9.17) is 0 Å². The summed E-state index contributed by atoms with van der Waals surface area (Å²) in [5.41, 5.74) is 1.64. The van der Waals surface area contributed by atoms with Crippen molar-refractivity contribution in [3.05, 3.63) is 24.3 Å². The van der Waals surface area contributed by atoms with Gasteiger partial charge in [-0.05, 0) is 44.0 Å². The molecule has 1 aromatic carbocycles. The highest BCUT2D eigenvalue weighted by Crippen LogP contribution is 2.25. The highest BCUT2D eigenvalue weighted by molar-refractivity contribution is 5.97. The predicted octanol–water partition coefficient (Wildman–Crippen LogP) is 3.41. The first-order valence-electron chi connectivity index (χ1n) is 9.61. The van der Waals surface area contributed by atoms with Crippen molar-refractivity contribution >= 4 is 23.2 Å². The van der Waals surface area contributed by atoms with Crippen molar-refractivity contribution in [2.45, 2.75) is 57.9 Å². The van der Waals surface area contributed by atoms with Crippen molar-refractivity contribution in [2.24, 2.45) is 0 Å². The Hall–Kier alpha value is -1.88. The highest BCUT2D eigenvalue weighted by atomic mass is 16.2. The fraction of sp³-hybridized carbons (Fsp3) is 0.600. The number of nitrogens with zero attached hydrogens (tertiary/aromatic N) is 2. The third kappa shape index (κ3) is 4.60. The van der Waals surface area contributed by atoms with Gasteiger partial charge < -0.3 is 10.2 Å². The zero-order valence-corrected chi connectivity index (χ0v) is 15.2. The first-order chi connectivity index (χ1) is 12.2. The third-order valence-corrected chi connectivity index (χ3v) is 5.36. The Morgan fingerprint density at radius 2 is 2.04 bits per heavy atom. The predicted molar refractivity (Wildman–Crippen MR) is 101 cm³/mol. The molecule has 2 aliphatic rings. The van der Waals surface area contributed by atoms with Gasteiger partial charge in [-0.25, -0.2) is 0 Å². The summed E-state index contributed by atoms with van der Waals surface area (Å²) in [6.07, 6.45) is 7.79. The number of carbonyl (C=O) groups is 2. The minimum atomic E-state index is 0.0253. The number of amides is 2. The van der Waals surface area contributed by atoms with Crippen molar-refractivity contribution in [1.82, 2.24) is 4.90 Å². The van der Waals surface area contributed by atoms with Crippen LogP contribution in [0, 0.1) is 0 Å². The second-order valence-electron chi connectivity index (χ2n) is 7.10. The number of hydrogen-bond acceptors (Lipinski definition) is 3. The minimum absolute atomic E-state index is 0.0253. The summed E-state index contributed by atoms with van der Waals surface area (Å²) in [5, 5.41) is 3.01. The fourth-order valence-electron chi connectivity index (χ4n) is 4.00. The number of rotatable bonds is 6. The summed E-state index contributed by atoms with van der Waals surface area (Å²) in [5.74, 6) is 0.190. The molecule has 2 amide bonds. The van der Waals surface area contributed by atoms with Crippen LogP contribution in [0.4, 0.5) is 11.4 Å². The molecule has 1 saturated heterocycles. The molecule has 0 spiro atoms. The first-order valence-corrected chi connectivity index (χ1v) is 9.61. The Bertz CT molecular complexity index is 611. The second-order valence-corrected chi connectivity index (χ2v) is 7.10. The van der Waals surface area contributed by atoms with Crippen molar-refractivity contribution < 1.29 is 9.59 Å². The van der Waals surface area contributed by atoms with Crippen LogP contribution in [0.15, 0.2) is 24.3 Å². The average molecular weight is 343 g/mol. The Labute approximate surface area is 150 Å². The van der Waals surface area contributed by atoms with Gasteiger partial charge in [-0.2, -0.15) is 0 Å². The van der Waals surface area contributed by atoms with Gasteiger partial charge in [0.15, 0.2) is 0 Å². The van der Waals surface area contributed by atoms with Crippen LogP contribution in [0.2, 0.25) is 0 Å². The summed E-state index contributed by atoms with van der Waals surface area (Å²) in [6, 6.07) is 8.16. The standard InChI is InChI=1S/C20H29N3O2/c1-2-22(17-9-4-3-5-10-17)15-19(24)21-16-8-6-11-18(14-16)23-13-7-12-20(23)25/h6,8,11,14,17H,2-5,7,9-10,12-13,15H2,1H3,(H,21,24). The lowest BCUT2D eigenvalue weighted by Gasteiger charge is -2.32. The van der Waals surface area contributed by atoms with Crippen LogP contribution >= 0.6 is 0 Å². The Kier molecular flexibility index (Phi) is 6.08. The molecule has 2 fully saturated rings. The topological polar surface area (TPSA) is 52.7 Å². The maximum Gasteiger partial charge on any atom is 0.238 e. The Morgan fingerprint density at radius 3 is 2.72 bits per heavy atom. The summed E-state index contributed by atoms with van der Waals surface area (Å²) in [4.78, 5) is 28.5. The normalized spacial score (nSPS) is 18.8. The molecule has 1 aliphatic heterocycles. The van der Waals surface area contributed by atoms with Crippen LogP contribution in [0.3, 0.4) is 0 Å². The molecule has 5 nitrogen and oxygen atoms in total. The highest BCUT2D eigenvalue weighted by Gasteiger charge is 2.23. The molecule has 1 N–H and O–H groups in total. The molecule has 1 aliphatic carbocycles. The molecule has 0 radical (unpaired) electrons. The molecule has 1 saturated carbocycles. The minimum Gasteiger partial charge on any atom is -0.325 e. The van der Waals surface area contributed by atoms with Crippen LogP contribution in [-0.4, -0.2) is 42.4 Å². The van der Waals surface area contributed by atoms with Gasteiger partial charge in [-0.3, -0.25) is 14.5 Å². The lowest BCUT2D eigenvalue weighted by atomic mass is 9.94. The number of hydrogen-bond donors (Lipinski definition) is 1. The molecular formula is C20H29N3O2. The molecule has 1 heterocycles. The molecule has 0 atom stereocenters. The average Bonchev–Trinajstić information content (AvgIpc) is 3.06. The van der Waals surface area contributed by atoms with E-state index >= 15 is 0 Å². The lowest BCUT2D eigenvalue weighted by molar-refractivity contribution is -0.118. The van der Waals surface area contributed by atoms with E-state index in [1.807, 2.05) is 24.3 Å². The van der Waals surface area contributed by atoms with E-state index in [1.54, 1.807) is 4.90 Å². The van der Waals surface area contributed by atoms with E-state index in [-0.39, 0.29) is 11.8 Å². The van der Waals surface area contributed by atoms with Crippen molar-refractivity contribution in [3.63, 3.8) is 0 Å². The van der Waals surface area contributed by atoms with E-state index in [1.165, 1.54) is 32.1 Å². The van der Waals surface area contributed by atoms with E-state index in [0.29, 0.717) is 19.0 Å². The molecule has 25 heavy (non-hydrogen) atoms. The van der Waals surface area contributed by atoms with Gasteiger partial charge in [0.1, 0.15) is 0 Å². The van der Waals surface area contributed by atoms with Crippen molar-refractivity contribution in [3.8, 4) is 0 Å². The van der Waals surface area contributed by atoms with Crippen molar-refractivity contribution in [2.75, 3.05) is 29.9 Å². The van der Waals surface area contributed by atoms with Gasteiger partial charge in [0.2, 0.25) is 11.8 Å². The van der Waals surface area contributed by atoms with Gasteiger partial charge in [-0.15, -0.1) is 0 Å². The van der Waals surface area contributed by atoms with Crippen LogP contribution in [0.5, 0.6) is 0 Å². The fourth-order valence-corrected chi connectivity index (χ4v) is 4.00. The SMILES string of the molecule is CCN(CC(=O)Nc1cccc(N2CCCC2=O)c1)C1CCCCC1. The quantitative estimate of drug-likeness (QED) is 0.861. The monoisotopic (exact) mass is 343 g/mol. The second kappa shape index (κ2) is 8.48. The summed E-state index contributed by atoms with van der Waals surface area (Å²) in [7, 11) is 0. The Balaban J connectivity index is 1.59. The molecule has 5 heteroatoms. The van der Waals surface area contributed by atoms with Gasteiger partial charge in [-0.1, -0.05) is 32.3 Å². The van der Waals surface area contributed by atoms with Gasteiger partial charge in [0.05, 0.1) is 6.54 Å². The van der Waals surface area contributed by atoms with Gasteiger partial charge in [0.25, 0.3) is 0 Å². The smallest absolute Gasteiger partial charge is 0.238 e. The molecule has 3 rings (SSSR count). The molecule has 0 aromatic heterocycles. The molecule has 0 bridgehead atoms. The lowest BCUT2D eigenvalue weighted by Crippen LogP contribution is -2.41. The van der Waals surface area contributed by atoms with Crippen LogP contribution < -0.4 is 10.2 Å². The van der Waals surface area contributed by atoms with Crippen molar-refractivity contribution in [1.29, 1.82) is 0 Å². The third-order valence-electron chi connectivity index (χ3n) is 5.36.